The van der Waals surface area contributed by atoms with Crippen LogP contribution in [-0.4, -0.2) is 50.2 Å². The van der Waals surface area contributed by atoms with Gasteiger partial charge in [-0.2, -0.15) is 0 Å². The second-order valence-corrected chi connectivity index (χ2v) is 4.31. The van der Waals surface area contributed by atoms with Crippen LogP contribution in [0.2, 0.25) is 0 Å². The number of carbonyl (C=O) groups is 1. The fourth-order valence-electron chi connectivity index (χ4n) is 2.10. The van der Waals surface area contributed by atoms with Gasteiger partial charge in [0.05, 0.1) is 13.0 Å². The Morgan fingerprint density at radius 2 is 2.31 bits per heavy atom. The molecule has 1 fully saturated rings. The average Bonchev–Trinajstić information content (AvgIpc) is 2.73. The zero-order valence-corrected chi connectivity index (χ0v) is 10.5. The van der Waals surface area contributed by atoms with Crippen molar-refractivity contribution < 1.29 is 9.53 Å². The summed E-state index contributed by atoms with van der Waals surface area (Å²) < 4.78 is 4.86. The molecule has 0 aliphatic carbocycles. The molecule has 4 heteroatoms. The lowest BCUT2D eigenvalue weighted by Gasteiger charge is -2.13. The molecule has 1 aliphatic rings. The molecular formula is C12H24N2O2. The van der Waals surface area contributed by atoms with Crippen LogP contribution in [0.4, 0.5) is 0 Å². The Bertz CT molecular complexity index is 209. The highest BCUT2D eigenvalue weighted by atomic mass is 16.5. The maximum Gasteiger partial charge on any atom is 0.307 e. The molecule has 16 heavy (non-hydrogen) atoms. The van der Waals surface area contributed by atoms with Crippen LogP contribution in [0.3, 0.4) is 0 Å². The minimum atomic E-state index is -0.100. The van der Waals surface area contributed by atoms with Gasteiger partial charge in [0.15, 0.2) is 0 Å². The Hall–Kier alpha value is -0.610. The molecular weight excluding hydrogens is 204 g/mol. The summed E-state index contributed by atoms with van der Waals surface area (Å²) in [6.07, 6.45) is 1.76. The molecule has 1 saturated heterocycles. The SMILES string of the molecule is CCOC(=O)CCNCC1CCN(CC)C1. The first kappa shape index (κ1) is 13.5. The third-order valence-corrected chi connectivity index (χ3v) is 3.06. The van der Waals surface area contributed by atoms with E-state index in [1.165, 1.54) is 19.5 Å². The van der Waals surface area contributed by atoms with E-state index < -0.39 is 0 Å². The first-order valence-electron chi connectivity index (χ1n) is 6.35. The Balaban J connectivity index is 1.97. The van der Waals surface area contributed by atoms with E-state index in [1.54, 1.807) is 0 Å². The molecule has 1 N–H and O–H groups in total. The summed E-state index contributed by atoms with van der Waals surface area (Å²) in [5.41, 5.74) is 0. The lowest BCUT2D eigenvalue weighted by atomic mass is 10.1. The minimum absolute atomic E-state index is 0.100. The third-order valence-electron chi connectivity index (χ3n) is 3.06. The van der Waals surface area contributed by atoms with Gasteiger partial charge in [0.2, 0.25) is 0 Å². The number of esters is 1. The zero-order chi connectivity index (χ0) is 11.8. The van der Waals surface area contributed by atoms with Gasteiger partial charge in [-0.05, 0) is 38.9 Å². The zero-order valence-electron chi connectivity index (χ0n) is 10.5. The van der Waals surface area contributed by atoms with Crippen LogP contribution >= 0.6 is 0 Å². The summed E-state index contributed by atoms with van der Waals surface area (Å²) in [7, 11) is 0. The van der Waals surface area contributed by atoms with Gasteiger partial charge in [-0.1, -0.05) is 6.92 Å². The predicted molar refractivity (Wildman–Crippen MR) is 64.3 cm³/mol. The Labute approximate surface area is 98.3 Å². The molecule has 1 rings (SSSR count). The van der Waals surface area contributed by atoms with Gasteiger partial charge in [0.25, 0.3) is 0 Å². The molecule has 4 nitrogen and oxygen atoms in total. The fourth-order valence-corrected chi connectivity index (χ4v) is 2.10. The van der Waals surface area contributed by atoms with Crippen molar-refractivity contribution in [2.75, 3.05) is 39.3 Å². The molecule has 0 saturated carbocycles. The number of rotatable bonds is 7. The fraction of sp³-hybridized carbons (Fsp3) is 0.917. The van der Waals surface area contributed by atoms with E-state index in [0.29, 0.717) is 13.0 Å². The summed E-state index contributed by atoms with van der Waals surface area (Å²) in [5.74, 6) is 0.652. The molecule has 0 amide bonds. The standard InChI is InChI=1S/C12H24N2O2/c1-3-14-8-6-11(10-14)9-13-7-5-12(15)16-4-2/h11,13H,3-10H2,1-2H3. The van der Waals surface area contributed by atoms with Crippen molar-refractivity contribution >= 4 is 5.97 Å². The summed E-state index contributed by atoms with van der Waals surface area (Å²) in [6, 6.07) is 0. The number of hydrogen-bond donors (Lipinski definition) is 1. The van der Waals surface area contributed by atoms with E-state index in [-0.39, 0.29) is 5.97 Å². The first-order valence-corrected chi connectivity index (χ1v) is 6.35. The first-order chi connectivity index (χ1) is 7.76. The lowest BCUT2D eigenvalue weighted by molar-refractivity contribution is -0.142. The highest BCUT2D eigenvalue weighted by Crippen LogP contribution is 2.14. The quantitative estimate of drug-likeness (QED) is 0.518. The Morgan fingerprint density at radius 3 is 2.94 bits per heavy atom. The Morgan fingerprint density at radius 1 is 1.50 bits per heavy atom. The summed E-state index contributed by atoms with van der Waals surface area (Å²) in [6.45, 7) is 9.85. The van der Waals surface area contributed by atoms with Gasteiger partial charge in [-0.15, -0.1) is 0 Å². The molecule has 0 bridgehead atoms. The summed E-state index contributed by atoms with van der Waals surface area (Å²) in [5, 5.41) is 3.33. The smallest absolute Gasteiger partial charge is 0.307 e. The summed E-state index contributed by atoms with van der Waals surface area (Å²) >= 11 is 0. The normalized spacial score (nSPS) is 21.2. The monoisotopic (exact) mass is 228 g/mol. The van der Waals surface area contributed by atoms with Gasteiger partial charge < -0.3 is 15.0 Å². The maximum absolute atomic E-state index is 11.1. The number of ether oxygens (including phenoxy) is 1. The molecule has 94 valence electrons. The number of carbonyl (C=O) groups excluding carboxylic acids is 1. The van der Waals surface area contributed by atoms with Crippen LogP contribution in [0.5, 0.6) is 0 Å². The summed E-state index contributed by atoms with van der Waals surface area (Å²) in [4.78, 5) is 13.5. The second kappa shape index (κ2) is 7.63. The van der Waals surface area contributed by atoms with Crippen molar-refractivity contribution in [2.45, 2.75) is 26.7 Å². The van der Waals surface area contributed by atoms with Crippen molar-refractivity contribution in [3.63, 3.8) is 0 Å². The van der Waals surface area contributed by atoms with Crippen molar-refractivity contribution in [1.29, 1.82) is 0 Å². The molecule has 1 unspecified atom stereocenters. The van der Waals surface area contributed by atoms with Crippen LogP contribution in [0.1, 0.15) is 26.7 Å². The largest absolute Gasteiger partial charge is 0.466 e. The number of nitrogens with zero attached hydrogens (tertiary/aromatic N) is 1. The molecule has 0 spiro atoms. The minimum Gasteiger partial charge on any atom is -0.466 e. The van der Waals surface area contributed by atoms with Gasteiger partial charge in [-0.3, -0.25) is 4.79 Å². The molecule has 0 aromatic carbocycles. The average molecular weight is 228 g/mol. The maximum atomic E-state index is 11.1. The molecule has 0 aromatic heterocycles. The molecule has 0 aromatic rings. The lowest BCUT2D eigenvalue weighted by Crippen LogP contribution is -2.28. The van der Waals surface area contributed by atoms with Crippen LogP contribution in [0.25, 0.3) is 0 Å². The highest BCUT2D eigenvalue weighted by molar-refractivity contribution is 5.69. The van der Waals surface area contributed by atoms with E-state index in [0.717, 1.165) is 25.6 Å². The van der Waals surface area contributed by atoms with Crippen LogP contribution < -0.4 is 5.32 Å². The predicted octanol–water partition coefficient (Wildman–Crippen LogP) is 0.871. The van der Waals surface area contributed by atoms with Gasteiger partial charge >= 0.3 is 5.97 Å². The topological polar surface area (TPSA) is 41.6 Å². The molecule has 1 heterocycles. The van der Waals surface area contributed by atoms with Crippen LogP contribution in [-0.2, 0) is 9.53 Å². The van der Waals surface area contributed by atoms with Crippen molar-refractivity contribution in [2.24, 2.45) is 5.92 Å². The van der Waals surface area contributed by atoms with Gasteiger partial charge in [0, 0.05) is 13.1 Å². The van der Waals surface area contributed by atoms with Crippen LogP contribution in [0, 0.1) is 5.92 Å². The van der Waals surface area contributed by atoms with Crippen molar-refractivity contribution in [3.8, 4) is 0 Å². The number of nitrogens with one attached hydrogen (secondary N) is 1. The van der Waals surface area contributed by atoms with E-state index >= 15 is 0 Å². The second-order valence-electron chi connectivity index (χ2n) is 4.31. The highest BCUT2D eigenvalue weighted by Gasteiger charge is 2.20. The van der Waals surface area contributed by atoms with Gasteiger partial charge in [0.1, 0.15) is 0 Å². The van der Waals surface area contributed by atoms with Crippen molar-refractivity contribution in [3.05, 3.63) is 0 Å². The van der Waals surface area contributed by atoms with E-state index in [9.17, 15) is 4.79 Å². The molecule has 1 atom stereocenters. The van der Waals surface area contributed by atoms with Crippen molar-refractivity contribution in [1.82, 2.24) is 10.2 Å². The number of hydrogen-bond acceptors (Lipinski definition) is 4. The van der Waals surface area contributed by atoms with E-state index in [4.69, 9.17) is 4.74 Å². The van der Waals surface area contributed by atoms with Gasteiger partial charge in [-0.25, -0.2) is 0 Å². The Kier molecular flexibility index (Phi) is 6.42. The van der Waals surface area contributed by atoms with E-state index in [1.807, 2.05) is 6.92 Å². The number of likely N-dealkylation sites (tertiary alicyclic amines) is 1. The molecule has 0 radical (unpaired) electrons. The van der Waals surface area contributed by atoms with E-state index in [2.05, 4.69) is 17.1 Å². The molecule has 1 aliphatic heterocycles. The van der Waals surface area contributed by atoms with Crippen LogP contribution in [0.15, 0.2) is 0 Å². The third kappa shape index (κ3) is 4.94.